The number of halogens is 1. The summed E-state index contributed by atoms with van der Waals surface area (Å²) in [6, 6.07) is 12.8. The molecule has 0 bridgehead atoms. The molecule has 32 heavy (non-hydrogen) atoms. The van der Waals surface area contributed by atoms with Gasteiger partial charge in [0.15, 0.2) is 17.3 Å². The first kappa shape index (κ1) is 27.8. The molecule has 1 atom stereocenters. The number of β-amino-alcohol motifs (C(OH)–C–C–N with tert-alkyl or cyclic N) is 1. The molecule has 2 N–H and O–H groups in total. The Kier molecular flexibility index (Phi) is 11.5. The van der Waals surface area contributed by atoms with Crippen LogP contribution in [0.3, 0.4) is 0 Å². The van der Waals surface area contributed by atoms with Crippen molar-refractivity contribution in [2.75, 3.05) is 27.4 Å². The number of hydrogen-bond donors (Lipinski definition) is 2. The van der Waals surface area contributed by atoms with Gasteiger partial charge in [0.25, 0.3) is 0 Å². The molecule has 0 radical (unpaired) electrons. The van der Waals surface area contributed by atoms with E-state index in [2.05, 4.69) is 26.1 Å². The molecule has 178 valence electrons. The predicted molar refractivity (Wildman–Crippen MR) is 130 cm³/mol. The normalized spacial score (nSPS) is 11.9. The summed E-state index contributed by atoms with van der Waals surface area (Å²) in [6.07, 6.45) is 1.23. The van der Waals surface area contributed by atoms with Gasteiger partial charge in [0, 0.05) is 24.1 Å². The Morgan fingerprint density at radius 1 is 1.06 bits per heavy atom. The topological polar surface area (TPSA) is 77.0 Å². The van der Waals surface area contributed by atoms with Gasteiger partial charge in [-0.05, 0) is 56.5 Å². The maximum atomic E-state index is 12.7. The van der Waals surface area contributed by atoms with E-state index in [0.717, 1.165) is 12.0 Å². The number of benzene rings is 2. The van der Waals surface area contributed by atoms with Crippen LogP contribution in [-0.2, 0) is 6.42 Å². The highest BCUT2D eigenvalue weighted by Gasteiger charge is 2.17. The Labute approximate surface area is 197 Å². The van der Waals surface area contributed by atoms with Crippen molar-refractivity contribution in [1.82, 2.24) is 5.32 Å². The lowest BCUT2D eigenvalue weighted by atomic mass is 10.0. The van der Waals surface area contributed by atoms with E-state index in [1.807, 2.05) is 24.3 Å². The van der Waals surface area contributed by atoms with E-state index in [0.29, 0.717) is 42.2 Å². The lowest BCUT2D eigenvalue weighted by Crippen LogP contribution is -2.44. The van der Waals surface area contributed by atoms with Gasteiger partial charge in [0.2, 0.25) is 0 Å². The molecule has 1 unspecified atom stereocenters. The Balaban J connectivity index is 0.00000512. The summed E-state index contributed by atoms with van der Waals surface area (Å²) in [6.45, 7) is 6.96. The van der Waals surface area contributed by atoms with Crippen LogP contribution < -0.4 is 19.5 Å². The quantitative estimate of drug-likeness (QED) is 0.425. The number of para-hydroxylation sites is 1. The molecular weight excluding hydrogens is 430 g/mol. The summed E-state index contributed by atoms with van der Waals surface area (Å²) in [5.74, 6) is 1.83. The van der Waals surface area contributed by atoms with Crippen molar-refractivity contribution in [1.29, 1.82) is 0 Å². The molecule has 0 aliphatic heterocycles. The van der Waals surface area contributed by atoms with Gasteiger partial charge >= 0.3 is 0 Å². The molecule has 0 spiro atoms. The number of methoxy groups -OCH3 is 2. The molecule has 0 amide bonds. The standard InChI is InChI=1S/C25H35NO5.ClH/c1-6-25(2,3)26-16-20(27)17-31-22-10-8-7-9-18(22)11-13-21(28)19-12-14-23(29-4)24(15-19)30-5;/h7-10,12,14-15,20,26-27H,6,11,13,16-17H2,1-5H3;1H. The van der Waals surface area contributed by atoms with E-state index >= 15 is 0 Å². The summed E-state index contributed by atoms with van der Waals surface area (Å²) in [5.41, 5.74) is 1.49. The smallest absolute Gasteiger partial charge is 0.163 e. The number of carbonyl (C=O) groups excluding carboxylic acids is 1. The molecule has 0 saturated carbocycles. The summed E-state index contributed by atoms with van der Waals surface area (Å²) in [4.78, 5) is 12.7. The van der Waals surface area contributed by atoms with Crippen LogP contribution in [0.25, 0.3) is 0 Å². The summed E-state index contributed by atoms with van der Waals surface area (Å²) >= 11 is 0. The molecular formula is C25H36ClNO5. The van der Waals surface area contributed by atoms with Crippen LogP contribution >= 0.6 is 12.4 Å². The Morgan fingerprint density at radius 3 is 2.41 bits per heavy atom. The van der Waals surface area contributed by atoms with Crippen LogP contribution in [0, 0.1) is 0 Å². The van der Waals surface area contributed by atoms with Crippen LogP contribution in [0.4, 0.5) is 0 Å². The zero-order valence-corrected chi connectivity index (χ0v) is 20.5. The largest absolute Gasteiger partial charge is 0.493 e. The van der Waals surface area contributed by atoms with Crippen molar-refractivity contribution < 1.29 is 24.1 Å². The number of Topliss-reactive ketones (excluding diaryl/α,β-unsaturated/α-hetero) is 1. The third kappa shape index (κ3) is 8.34. The third-order valence-corrected chi connectivity index (χ3v) is 5.43. The summed E-state index contributed by atoms with van der Waals surface area (Å²) in [7, 11) is 3.11. The maximum absolute atomic E-state index is 12.7. The molecule has 0 saturated heterocycles. The molecule has 6 nitrogen and oxygen atoms in total. The van der Waals surface area contributed by atoms with Crippen molar-refractivity contribution >= 4 is 18.2 Å². The number of ketones is 1. The minimum absolute atomic E-state index is 0. The highest BCUT2D eigenvalue weighted by atomic mass is 35.5. The predicted octanol–water partition coefficient (Wildman–Crippen LogP) is 4.46. The molecule has 2 aromatic rings. The number of aliphatic hydroxyl groups is 1. The van der Waals surface area contributed by atoms with Gasteiger partial charge in [-0.25, -0.2) is 0 Å². The van der Waals surface area contributed by atoms with Gasteiger partial charge in [-0.1, -0.05) is 25.1 Å². The summed E-state index contributed by atoms with van der Waals surface area (Å²) in [5, 5.41) is 13.6. The monoisotopic (exact) mass is 465 g/mol. The SMILES string of the molecule is CCC(C)(C)NCC(O)COc1ccccc1CCC(=O)c1ccc(OC)c(OC)c1.Cl. The van der Waals surface area contributed by atoms with E-state index in [1.54, 1.807) is 32.4 Å². The zero-order valence-electron chi connectivity index (χ0n) is 19.6. The van der Waals surface area contributed by atoms with Crippen molar-refractivity contribution in [3.8, 4) is 17.2 Å². The molecule has 0 fully saturated rings. The van der Waals surface area contributed by atoms with Crippen molar-refractivity contribution in [3.05, 3.63) is 53.6 Å². The summed E-state index contributed by atoms with van der Waals surface area (Å²) < 4.78 is 16.4. The second kappa shape index (κ2) is 13.3. The number of nitrogens with one attached hydrogen (secondary N) is 1. The highest BCUT2D eigenvalue weighted by Crippen LogP contribution is 2.28. The Morgan fingerprint density at radius 2 is 1.75 bits per heavy atom. The van der Waals surface area contributed by atoms with E-state index in [1.165, 1.54) is 0 Å². The van der Waals surface area contributed by atoms with Crippen molar-refractivity contribution in [3.63, 3.8) is 0 Å². The lowest BCUT2D eigenvalue weighted by Gasteiger charge is -2.26. The highest BCUT2D eigenvalue weighted by molar-refractivity contribution is 5.96. The Hall–Kier alpha value is -2.28. The minimum atomic E-state index is -0.618. The third-order valence-electron chi connectivity index (χ3n) is 5.43. The van der Waals surface area contributed by atoms with E-state index in [4.69, 9.17) is 14.2 Å². The first-order valence-corrected chi connectivity index (χ1v) is 10.7. The number of aryl methyl sites for hydroxylation is 1. The average molecular weight is 466 g/mol. The van der Waals surface area contributed by atoms with Crippen LogP contribution in [0.5, 0.6) is 17.2 Å². The van der Waals surface area contributed by atoms with Gasteiger partial charge < -0.3 is 24.6 Å². The number of rotatable bonds is 13. The van der Waals surface area contributed by atoms with Gasteiger partial charge in [-0.3, -0.25) is 4.79 Å². The van der Waals surface area contributed by atoms with Gasteiger partial charge in [-0.2, -0.15) is 0 Å². The molecule has 2 rings (SSSR count). The van der Waals surface area contributed by atoms with Crippen LogP contribution in [0.15, 0.2) is 42.5 Å². The van der Waals surface area contributed by atoms with Crippen molar-refractivity contribution in [2.45, 2.75) is 51.7 Å². The number of ether oxygens (including phenoxy) is 3. The minimum Gasteiger partial charge on any atom is -0.493 e. The van der Waals surface area contributed by atoms with Crippen LogP contribution in [0.1, 0.15) is 49.5 Å². The zero-order chi connectivity index (χ0) is 22.9. The molecule has 0 aliphatic carbocycles. The van der Waals surface area contributed by atoms with Gasteiger partial charge in [0.1, 0.15) is 18.5 Å². The second-order valence-corrected chi connectivity index (χ2v) is 8.18. The van der Waals surface area contributed by atoms with E-state index < -0.39 is 6.10 Å². The number of carbonyl (C=O) groups is 1. The van der Waals surface area contributed by atoms with E-state index in [9.17, 15) is 9.90 Å². The van der Waals surface area contributed by atoms with Crippen LogP contribution in [-0.4, -0.2) is 49.9 Å². The van der Waals surface area contributed by atoms with Gasteiger partial charge in [-0.15, -0.1) is 12.4 Å². The van der Waals surface area contributed by atoms with Crippen LogP contribution in [0.2, 0.25) is 0 Å². The van der Waals surface area contributed by atoms with Gasteiger partial charge in [0.05, 0.1) is 14.2 Å². The fraction of sp³-hybridized carbons (Fsp3) is 0.480. The first-order valence-electron chi connectivity index (χ1n) is 10.7. The average Bonchev–Trinajstić information content (AvgIpc) is 2.79. The molecule has 0 aromatic heterocycles. The maximum Gasteiger partial charge on any atom is 0.163 e. The number of aliphatic hydroxyl groups excluding tert-OH is 1. The lowest BCUT2D eigenvalue weighted by molar-refractivity contribution is 0.0966. The number of hydrogen-bond acceptors (Lipinski definition) is 6. The first-order chi connectivity index (χ1) is 14.8. The molecule has 0 heterocycles. The Bertz CT molecular complexity index is 856. The van der Waals surface area contributed by atoms with E-state index in [-0.39, 0.29) is 30.3 Å². The second-order valence-electron chi connectivity index (χ2n) is 8.18. The molecule has 0 aliphatic rings. The van der Waals surface area contributed by atoms with Crippen molar-refractivity contribution in [2.24, 2.45) is 0 Å². The molecule has 7 heteroatoms. The fourth-order valence-electron chi connectivity index (χ4n) is 3.02. The fourth-order valence-corrected chi connectivity index (χ4v) is 3.02. The molecule has 2 aromatic carbocycles.